The highest BCUT2D eigenvalue weighted by Crippen LogP contribution is 2.39. The zero-order chi connectivity index (χ0) is 14.6. The average molecular weight is 314 g/mol. The van der Waals surface area contributed by atoms with E-state index >= 15 is 0 Å². The molecular formula is C17H25Cl2N. The fourth-order valence-electron chi connectivity index (χ4n) is 3.16. The van der Waals surface area contributed by atoms with Crippen molar-refractivity contribution in [2.45, 2.75) is 65.2 Å². The SMILES string of the molecule is CC1(C)CCC(CCCCc2c(Cl)cncc2Cl)CC1. The van der Waals surface area contributed by atoms with E-state index in [1.807, 2.05) is 0 Å². The summed E-state index contributed by atoms with van der Waals surface area (Å²) in [5, 5.41) is 1.41. The van der Waals surface area contributed by atoms with E-state index in [0.717, 1.165) is 17.9 Å². The first kappa shape index (κ1) is 16.1. The first-order valence-electron chi connectivity index (χ1n) is 7.76. The van der Waals surface area contributed by atoms with Crippen LogP contribution >= 0.6 is 23.2 Å². The Kier molecular flexibility index (Phi) is 5.74. The lowest BCUT2D eigenvalue weighted by molar-refractivity contribution is 0.183. The summed E-state index contributed by atoms with van der Waals surface area (Å²) in [7, 11) is 0. The van der Waals surface area contributed by atoms with Crippen molar-refractivity contribution < 1.29 is 0 Å². The zero-order valence-electron chi connectivity index (χ0n) is 12.6. The fraction of sp³-hybridized carbons (Fsp3) is 0.706. The van der Waals surface area contributed by atoms with Crippen molar-refractivity contribution >= 4 is 23.2 Å². The molecule has 0 atom stereocenters. The minimum atomic E-state index is 0.578. The monoisotopic (exact) mass is 313 g/mol. The standard InChI is InChI=1S/C17H25Cl2N/c1-17(2)9-7-13(8-10-17)5-3-4-6-14-15(18)11-20-12-16(14)19/h11-13H,3-10H2,1-2H3. The Morgan fingerprint density at radius 2 is 1.70 bits per heavy atom. The number of hydrogen-bond donors (Lipinski definition) is 0. The van der Waals surface area contributed by atoms with Crippen LogP contribution in [0, 0.1) is 11.3 Å². The van der Waals surface area contributed by atoms with Gasteiger partial charge in [-0.15, -0.1) is 0 Å². The largest absolute Gasteiger partial charge is 0.262 e. The minimum Gasteiger partial charge on any atom is -0.262 e. The lowest BCUT2D eigenvalue weighted by Gasteiger charge is -2.34. The topological polar surface area (TPSA) is 12.9 Å². The van der Waals surface area contributed by atoms with E-state index < -0.39 is 0 Å². The molecule has 3 heteroatoms. The maximum atomic E-state index is 6.14. The predicted molar refractivity (Wildman–Crippen MR) is 87.6 cm³/mol. The Bertz CT molecular complexity index is 412. The van der Waals surface area contributed by atoms with Gasteiger partial charge in [-0.05, 0) is 55.4 Å². The predicted octanol–water partition coefficient (Wildman–Crippen LogP) is 6.32. The summed E-state index contributed by atoms with van der Waals surface area (Å²) in [6, 6.07) is 0. The molecule has 0 unspecified atom stereocenters. The van der Waals surface area contributed by atoms with Crippen LogP contribution in [-0.2, 0) is 6.42 Å². The molecule has 0 saturated heterocycles. The van der Waals surface area contributed by atoms with E-state index in [9.17, 15) is 0 Å². The maximum absolute atomic E-state index is 6.14. The van der Waals surface area contributed by atoms with E-state index in [0.29, 0.717) is 15.5 Å². The Hall–Kier alpha value is -0.270. The summed E-state index contributed by atoms with van der Waals surface area (Å²) >= 11 is 12.3. The lowest BCUT2D eigenvalue weighted by Crippen LogP contribution is -2.21. The second-order valence-corrected chi connectivity index (χ2v) is 7.75. The minimum absolute atomic E-state index is 0.578. The van der Waals surface area contributed by atoms with Crippen LogP contribution in [0.5, 0.6) is 0 Å². The van der Waals surface area contributed by atoms with Gasteiger partial charge in [-0.3, -0.25) is 4.98 Å². The van der Waals surface area contributed by atoms with E-state index in [-0.39, 0.29) is 0 Å². The quantitative estimate of drug-likeness (QED) is 0.580. The maximum Gasteiger partial charge on any atom is 0.0636 e. The number of rotatable bonds is 5. The lowest BCUT2D eigenvalue weighted by atomic mass is 9.72. The number of nitrogens with zero attached hydrogens (tertiary/aromatic N) is 1. The van der Waals surface area contributed by atoms with Gasteiger partial charge in [0.2, 0.25) is 0 Å². The van der Waals surface area contributed by atoms with Crippen LogP contribution in [-0.4, -0.2) is 4.98 Å². The number of pyridine rings is 1. The molecule has 0 amide bonds. The van der Waals surface area contributed by atoms with E-state index in [1.165, 1.54) is 44.9 Å². The first-order chi connectivity index (χ1) is 9.48. The molecule has 1 heterocycles. The first-order valence-corrected chi connectivity index (χ1v) is 8.51. The van der Waals surface area contributed by atoms with Gasteiger partial charge in [0.1, 0.15) is 0 Å². The van der Waals surface area contributed by atoms with Gasteiger partial charge in [0, 0.05) is 12.4 Å². The Morgan fingerprint density at radius 3 is 2.30 bits per heavy atom. The van der Waals surface area contributed by atoms with Gasteiger partial charge < -0.3 is 0 Å². The Balaban J connectivity index is 1.70. The summed E-state index contributed by atoms with van der Waals surface area (Å²) in [5.74, 6) is 0.936. The molecule has 1 aliphatic carbocycles. The van der Waals surface area contributed by atoms with Crippen LogP contribution in [0.4, 0.5) is 0 Å². The summed E-state index contributed by atoms with van der Waals surface area (Å²) in [6.07, 6.45) is 13.7. The molecule has 0 radical (unpaired) electrons. The van der Waals surface area contributed by atoms with Gasteiger partial charge in [-0.1, -0.05) is 49.9 Å². The molecule has 20 heavy (non-hydrogen) atoms. The van der Waals surface area contributed by atoms with Crippen molar-refractivity contribution in [1.82, 2.24) is 4.98 Å². The van der Waals surface area contributed by atoms with Gasteiger partial charge in [-0.25, -0.2) is 0 Å². The molecule has 2 rings (SSSR count). The molecule has 1 aliphatic rings. The molecule has 1 nitrogen and oxygen atoms in total. The molecular weight excluding hydrogens is 289 g/mol. The molecule has 0 bridgehead atoms. The van der Waals surface area contributed by atoms with E-state index in [4.69, 9.17) is 23.2 Å². The van der Waals surface area contributed by atoms with Crippen LogP contribution in [0.3, 0.4) is 0 Å². The Morgan fingerprint density at radius 1 is 1.10 bits per heavy atom. The molecule has 1 saturated carbocycles. The van der Waals surface area contributed by atoms with Crippen LogP contribution in [0.25, 0.3) is 0 Å². The van der Waals surface area contributed by atoms with Crippen molar-refractivity contribution in [3.05, 3.63) is 28.0 Å². The normalized spacial score (nSPS) is 19.2. The van der Waals surface area contributed by atoms with Crippen LogP contribution < -0.4 is 0 Å². The van der Waals surface area contributed by atoms with Gasteiger partial charge in [0.25, 0.3) is 0 Å². The smallest absolute Gasteiger partial charge is 0.0636 e. The zero-order valence-corrected chi connectivity index (χ0v) is 14.1. The van der Waals surface area contributed by atoms with Gasteiger partial charge >= 0.3 is 0 Å². The molecule has 0 N–H and O–H groups in total. The van der Waals surface area contributed by atoms with Crippen molar-refractivity contribution in [2.24, 2.45) is 11.3 Å². The van der Waals surface area contributed by atoms with Crippen LogP contribution in [0.2, 0.25) is 10.0 Å². The molecule has 0 aliphatic heterocycles. The number of halogens is 2. The highest BCUT2D eigenvalue weighted by Gasteiger charge is 2.26. The number of unbranched alkanes of at least 4 members (excludes halogenated alkanes) is 1. The Labute approximate surface area is 133 Å². The van der Waals surface area contributed by atoms with Gasteiger partial charge in [0.15, 0.2) is 0 Å². The molecule has 1 aromatic heterocycles. The molecule has 112 valence electrons. The van der Waals surface area contributed by atoms with Crippen molar-refractivity contribution in [3.8, 4) is 0 Å². The average Bonchev–Trinajstić information content (AvgIpc) is 2.39. The van der Waals surface area contributed by atoms with E-state index in [1.54, 1.807) is 12.4 Å². The molecule has 0 aromatic carbocycles. The van der Waals surface area contributed by atoms with Crippen LogP contribution in [0.15, 0.2) is 12.4 Å². The van der Waals surface area contributed by atoms with Crippen molar-refractivity contribution in [2.75, 3.05) is 0 Å². The number of aromatic nitrogens is 1. The highest BCUT2D eigenvalue weighted by molar-refractivity contribution is 6.35. The third-order valence-electron chi connectivity index (χ3n) is 4.70. The fourth-order valence-corrected chi connectivity index (χ4v) is 3.71. The summed E-state index contributed by atoms with van der Waals surface area (Å²) in [5.41, 5.74) is 1.64. The summed E-state index contributed by atoms with van der Waals surface area (Å²) in [4.78, 5) is 4.00. The second kappa shape index (κ2) is 7.13. The van der Waals surface area contributed by atoms with Crippen molar-refractivity contribution in [3.63, 3.8) is 0 Å². The van der Waals surface area contributed by atoms with Crippen LogP contribution in [0.1, 0.15) is 64.4 Å². The molecule has 1 aromatic rings. The van der Waals surface area contributed by atoms with Gasteiger partial charge in [0.05, 0.1) is 10.0 Å². The van der Waals surface area contributed by atoms with Gasteiger partial charge in [-0.2, -0.15) is 0 Å². The molecule has 0 spiro atoms. The van der Waals surface area contributed by atoms with E-state index in [2.05, 4.69) is 18.8 Å². The third kappa shape index (κ3) is 4.63. The van der Waals surface area contributed by atoms with Crippen molar-refractivity contribution in [1.29, 1.82) is 0 Å². The summed E-state index contributed by atoms with van der Waals surface area (Å²) < 4.78 is 0. The second-order valence-electron chi connectivity index (χ2n) is 6.94. The third-order valence-corrected chi connectivity index (χ3v) is 5.35. The number of hydrogen-bond acceptors (Lipinski definition) is 1. The highest BCUT2D eigenvalue weighted by atomic mass is 35.5. The summed E-state index contributed by atoms with van der Waals surface area (Å²) in [6.45, 7) is 4.80. The molecule has 1 fully saturated rings.